The maximum atomic E-state index is 12.8. The second kappa shape index (κ2) is 8.96. The first kappa shape index (κ1) is 21.8. The van der Waals surface area contributed by atoms with E-state index in [0.29, 0.717) is 28.2 Å². The summed E-state index contributed by atoms with van der Waals surface area (Å²) in [5, 5.41) is 11.0. The van der Waals surface area contributed by atoms with Crippen LogP contribution in [0.5, 0.6) is 17.2 Å². The monoisotopic (exact) mass is 445 g/mol. The Bertz CT molecular complexity index is 1290. The van der Waals surface area contributed by atoms with Gasteiger partial charge in [0.05, 0.1) is 24.0 Å². The van der Waals surface area contributed by atoms with E-state index in [2.05, 4.69) is 0 Å². The van der Waals surface area contributed by atoms with Crippen LogP contribution >= 0.6 is 0 Å². The van der Waals surface area contributed by atoms with Crippen molar-refractivity contribution >= 4 is 23.5 Å². The van der Waals surface area contributed by atoms with Gasteiger partial charge in [0.1, 0.15) is 17.2 Å². The van der Waals surface area contributed by atoms with Gasteiger partial charge in [0.15, 0.2) is 5.76 Å². The van der Waals surface area contributed by atoms with Crippen LogP contribution in [-0.4, -0.2) is 23.8 Å². The lowest BCUT2D eigenvalue weighted by molar-refractivity contribution is -0.384. The second-order valence-corrected chi connectivity index (χ2v) is 7.36. The van der Waals surface area contributed by atoms with Crippen LogP contribution in [0.15, 0.2) is 66.4 Å². The van der Waals surface area contributed by atoms with Crippen molar-refractivity contribution in [2.45, 2.75) is 13.3 Å². The van der Waals surface area contributed by atoms with Gasteiger partial charge >= 0.3 is 5.97 Å². The molecule has 3 aromatic carbocycles. The quantitative estimate of drug-likeness (QED) is 0.178. The van der Waals surface area contributed by atoms with Gasteiger partial charge < -0.3 is 14.2 Å². The lowest BCUT2D eigenvalue weighted by atomic mass is 10.1. The molecule has 0 bridgehead atoms. The van der Waals surface area contributed by atoms with Gasteiger partial charge in [0, 0.05) is 17.7 Å². The van der Waals surface area contributed by atoms with E-state index < -0.39 is 10.9 Å². The lowest BCUT2D eigenvalue weighted by Gasteiger charge is -2.10. The summed E-state index contributed by atoms with van der Waals surface area (Å²) in [5.74, 6) is 0.506. The molecule has 0 fully saturated rings. The molecule has 0 aliphatic carbocycles. The van der Waals surface area contributed by atoms with Crippen LogP contribution in [0.4, 0.5) is 5.69 Å². The number of nitro groups is 1. The van der Waals surface area contributed by atoms with E-state index in [9.17, 15) is 19.7 Å². The summed E-state index contributed by atoms with van der Waals surface area (Å²) in [6.07, 6.45) is 1.52. The van der Waals surface area contributed by atoms with Gasteiger partial charge in [-0.25, -0.2) is 0 Å². The van der Waals surface area contributed by atoms with Crippen LogP contribution in [0.3, 0.4) is 0 Å². The molecule has 0 amide bonds. The molecule has 1 aliphatic heterocycles. The first-order valence-electron chi connectivity index (χ1n) is 10.0. The molecule has 0 N–H and O–H groups in total. The highest BCUT2D eigenvalue weighted by atomic mass is 16.6. The number of benzene rings is 3. The van der Waals surface area contributed by atoms with E-state index in [1.165, 1.54) is 30.3 Å². The number of ketones is 1. The summed E-state index contributed by atoms with van der Waals surface area (Å²) in [5.41, 5.74) is 1.98. The van der Waals surface area contributed by atoms with Crippen molar-refractivity contribution < 1.29 is 28.7 Å². The fourth-order valence-electron chi connectivity index (χ4n) is 3.43. The van der Waals surface area contributed by atoms with Crippen LogP contribution in [0, 0.1) is 17.0 Å². The molecule has 0 saturated heterocycles. The number of hydrogen-bond donors (Lipinski definition) is 0. The van der Waals surface area contributed by atoms with Crippen molar-refractivity contribution in [1.29, 1.82) is 0 Å². The topological polar surface area (TPSA) is 105 Å². The number of esters is 1. The van der Waals surface area contributed by atoms with E-state index in [0.717, 1.165) is 5.56 Å². The third-order valence-corrected chi connectivity index (χ3v) is 5.15. The van der Waals surface area contributed by atoms with Crippen molar-refractivity contribution in [2.75, 3.05) is 7.11 Å². The van der Waals surface area contributed by atoms with Crippen LogP contribution < -0.4 is 14.2 Å². The van der Waals surface area contributed by atoms with E-state index in [-0.39, 0.29) is 29.4 Å². The Hall–Kier alpha value is -4.46. The SMILES string of the molecule is COc1ccc(CC(=O)Oc2ccc3c(c2C)O/C(=C\c2cccc([N+](=O)[O-])c2)C3=O)cc1. The van der Waals surface area contributed by atoms with Gasteiger partial charge in [0.2, 0.25) is 5.78 Å². The first-order chi connectivity index (χ1) is 15.9. The van der Waals surface area contributed by atoms with E-state index in [4.69, 9.17) is 14.2 Å². The van der Waals surface area contributed by atoms with Crippen LogP contribution in [0.1, 0.15) is 27.0 Å². The second-order valence-electron chi connectivity index (χ2n) is 7.36. The lowest BCUT2D eigenvalue weighted by Crippen LogP contribution is -2.12. The highest BCUT2D eigenvalue weighted by molar-refractivity contribution is 6.15. The predicted molar refractivity (Wildman–Crippen MR) is 120 cm³/mol. The number of fused-ring (bicyclic) bond motifs is 1. The zero-order valence-electron chi connectivity index (χ0n) is 17.9. The number of hydrogen-bond acceptors (Lipinski definition) is 7. The molecule has 33 heavy (non-hydrogen) atoms. The summed E-state index contributed by atoms with van der Waals surface area (Å²) in [6.45, 7) is 1.69. The highest BCUT2D eigenvalue weighted by Gasteiger charge is 2.30. The summed E-state index contributed by atoms with van der Waals surface area (Å²) >= 11 is 0. The van der Waals surface area contributed by atoms with E-state index >= 15 is 0 Å². The average molecular weight is 445 g/mol. The summed E-state index contributed by atoms with van der Waals surface area (Å²) in [4.78, 5) is 35.6. The third-order valence-electron chi connectivity index (χ3n) is 5.15. The number of nitro benzene ring substituents is 1. The number of nitrogens with zero attached hydrogens (tertiary/aromatic N) is 1. The van der Waals surface area contributed by atoms with Gasteiger partial charge in [-0.3, -0.25) is 19.7 Å². The normalized spacial score (nSPS) is 13.4. The predicted octanol–water partition coefficient (Wildman–Crippen LogP) is 4.68. The Kier molecular flexibility index (Phi) is 5.91. The first-order valence-corrected chi connectivity index (χ1v) is 10.0. The molecule has 0 aromatic heterocycles. The molecule has 0 saturated carbocycles. The number of carbonyl (C=O) groups is 2. The Morgan fingerprint density at radius 2 is 1.88 bits per heavy atom. The van der Waals surface area contributed by atoms with Crippen molar-refractivity contribution in [3.63, 3.8) is 0 Å². The van der Waals surface area contributed by atoms with Crippen LogP contribution in [0.2, 0.25) is 0 Å². The Morgan fingerprint density at radius 1 is 1.12 bits per heavy atom. The number of ether oxygens (including phenoxy) is 3. The average Bonchev–Trinajstić information content (AvgIpc) is 3.12. The van der Waals surface area contributed by atoms with E-state index in [1.54, 1.807) is 50.4 Å². The minimum absolute atomic E-state index is 0.0373. The summed E-state index contributed by atoms with van der Waals surface area (Å²) in [6, 6.07) is 16.1. The number of methoxy groups -OCH3 is 1. The minimum atomic E-state index is -0.509. The molecule has 4 rings (SSSR count). The summed E-state index contributed by atoms with van der Waals surface area (Å²) in [7, 11) is 1.57. The number of rotatable bonds is 6. The zero-order chi connectivity index (χ0) is 23.5. The molecule has 0 radical (unpaired) electrons. The molecular formula is C25H19NO7. The van der Waals surface area contributed by atoms with Gasteiger partial charge in [-0.1, -0.05) is 24.3 Å². The van der Waals surface area contributed by atoms with Gasteiger partial charge in [-0.2, -0.15) is 0 Å². The van der Waals surface area contributed by atoms with E-state index in [1.807, 2.05) is 0 Å². The highest BCUT2D eigenvalue weighted by Crippen LogP contribution is 2.39. The third kappa shape index (κ3) is 4.59. The standard InChI is InChI=1S/C25H19NO7/c1-15-21(32-23(27)14-16-6-8-19(31-2)9-7-16)11-10-20-24(28)22(33-25(15)20)13-17-4-3-5-18(12-17)26(29)30/h3-13H,14H2,1-2H3/b22-13-. The maximum Gasteiger partial charge on any atom is 0.315 e. The maximum absolute atomic E-state index is 12.8. The molecule has 8 heteroatoms. The van der Waals surface area contributed by atoms with Crippen molar-refractivity contribution in [3.05, 3.63) is 98.8 Å². The molecule has 1 aliphatic rings. The molecule has 3 aromatic rings. The molecular weight excluding hydrogens is 426 g/mol. The largest absolute Gasteiger partial charge is 0.497 e. The number of carbonyl (C=O) groups excluding carboxylic acids is 2. The molecule has 8 nitrogen and oxygen atoms in total. The fraction of sp³-hybridized carbons (Fsp3) is 0.120. The van der Waals surface area contributed by atoms with Crippen LogP contribution in [-0.2, 0) is 11.2 Å². The molecule has 1 heterocycles. The van der Waals surface area contributed by atoms with Crippen LogP contribution in [0.25, 0.3) is 6.08 Å². The fourth-order valence-corrected chi connectivity index (χ4v) is 3.43. The van der Waals surface area contributed by atoms with Crippen molar-refractivity contribution in [1.82, 2.24) is 0 Å². The smallest absolute Gasteiger partial charge is 0.315 e. The van der Waals surface area contributed by atoms with Gasteiger partial charge in [-0.05, 0) is 48.4 Å². The Morgan fingerprint density at radius 3 is 2.58 bits per heavy atom. The summed E-state index contributed by atoms with van der Waals surface area (Å²) < 4.78 is 16.4. The molecule has 166 valence electrons. The van der Waals surface area contributed by atoms with Gasteiger partial charge in [0.25, 0.3) is 5.69 Å². The number of non-ortho nitro benzene ring substituents is 1. The Labute approximate surface area is 189 Å². The minimum Gasteiger partial charge on any atom is -0.497 e. The molecule has 0 atom stereocenters. The number of Topliss-reactive ketones (excluding diaryl/α,β-unsaturated/α-hetero) is 1. The number of allylic oxidation sites excluding steroid dienone is 1. The molecule has 0 unspecified atom stereocenters. The molecule has 0 spiro atoms. The van der Waals surface area contributed by atoms with Gasteiger partial charge in [-0.15, -0.1) is 0 Å². The van der Waals surface area contributed by atoms with Crippen molar-refractivity contribution in [2.24, 2.45) is 0 Å². The Balaban J connectivity index is 1.52. The zero-order valence-corrected chi connectivity index (χ0v) is 17.9. The van der Waals surface area contributed by atoms with Crippen molar-refractivity contribution in [3.8, 4) is 17.2 Å².